The van der Waals surface area contributed by atoms with Gasteiger partial charge in [-0.25, -0.2) is 0 Å². The van der Waals surface area contributed by atoms with Crippen LogP contribution in [0, 0.1) is 0 Å². The molecule has 2 heterocycles. The van der Waals surface area contributed by atoms with E-state index in [0.717, 1.165) is 12.8 Å². The quantitative estimate of drug-likeness (QED) is 0.488. The van der Waals surface area contributed by atoms with E-state index in [-0.39, 0.29) is 11.6 Å². The summed E-state index contributed by atoms with van der Waals surface area (Å²) in [6.45, 7) is 2.51. The maximum absolute atomic E-state index is 10.8. The van der Waals surface area contributed by atoms with Crippen LogP contribution in [0.1, 0.15) is 26.2 Å². The van der Waals surface area contributed by atoms with Gasteiger partial charge in [-0.3, -0.25) is 4.79 Å². The smallest absolute Gasteiger partial charge is 0.308 e. The molecule has 3 heteroatoms. The van der Waals surface area contributed by atoms with E-state index in [0.29, 0.717) is 19.1 Å². The minimum absolute atomic E-state index is 0.112. The number of rotatable bonds is 0. The predicted molar refractivity (Wildman–Crippen MR) is 38.1 cm³/mol. The van der Waals surface area contributed by atoms with Gasteiger partial charge in [-0.05, 0) is 19.8 Å². The van der Waals surface area contributed by atoms with Gasteiger partial charge < -0.3 is 9.47 Å². The second-order valence-electron chi connectivity index (χ2n) is 3.49. The second kappa shape index (κ2) is 2.21. The van der Waals surface area contributed by atoms with Gasteiger partial charge in [0, 0.05) is 0 Å². The first-order valence-electron chi connectivity index (χ1n) is 4.04. The van der Waals surface area contributed by atoms with Gasteiger partial charge in [-0.2, -0.15) is 0 Å². The Balaban J connectivity index is 2.07. The number of carbonyl (C=O) groups is 1. The van der Waals surface area contributed by atoms with Crippen LogP contribution in [0.5, 0.6) is 0 Å². The first kappa shape index (κ1) is 7.10. The summed E-state index contributed by atoms with van der Waals surface area (Å²) in [5.74, 6) is -0.112. The zero-order chi connectivity index (χ0) is 7.90. The topological polar surface area (TPSA) is 35.5 Å². The Morgan fingerprint density at radius 3 is 2.91 bits per heavy atom. The molecule has 0 radical (unpaired) electrons. The Labute approximate surface area is 65.7 Å². The molecule has 0 saturated carbocycles. The highest BCUT2D eigenvalue weighted by molar-refractivity contribution is 5.73. The summed E-state index contributed by atoms with van der Waals surface area (Å²) < 4.78 is 10.5. The average molecular weight is 156 g/mol. The molecular weight excluding hydrogens is 144 g/mol. The Kier molecular flexibility index (Phi) is 1.42. The first-order valence-corrected chi connectivity index (χ1v) is 4.04. The largest absolute Gasteiger partial charge is 0.463 e. The second-order valence-corrected chi connectivity index (χ2v) is 3.49. The molecule has 2 unspecified atom stereocenters. The number of hydrogen-bond acceptors (Lipinski definition) is 3. The molecule has 2 rings (SSSR count). The minimum atomic E-state index is -0.240. The summed E-state index contributed by atoms with van der Waals surface area (Å²) in [5, 5.41) is 0. The average Bonchev–Trinajstić information content (AvgIpc) is 2.44. The van der Waals surface area contributed by atoms with Crippen LogP contribution in [0.2, 0.25) is 0 Å². The Morgan fingerprint density at radius 2 is 2.45 bits per heavy atom. The predicted octanol–water partition coefficient (Wildman–Crippen LogP) is 0.871. The third-order valence-electron chi connectivity index (χ3n) is 2.42. The molecular formula is C8H12O3. The van der Waals surface area contributed by atoms with Crippen molar-refractivity contribution in [3.63, 3.8) is 0 Å². The molecule has 2 atom stereocenters. The highest BCUT2D eigenvalue weighted by Crippen LogP contribution is 2.37. The first-order chi connectivity index (χ1) is 5.20. The molecule has 0 aromatic heterocycles. The maximum atomic E-state index is 10.8. The van der Waals surface area contributed by atoms with Crippen molar-refractivity contribution in [2.24, 2.45) is 0 Å². The number of esters is 1. The van der Waals surface area contributed by atoms with Gasteiger partial charge in [0.25, 0.3) is 0 Å². The molecule has 2 aliphatic heterocycles. The highest BCUT2D eigenvalue weighted by Gasteiger charge is 2.46. The van der Waals surface area contributed by atoms with E-state index in [1.807, 2.05) is 6.92 Å². The van der Waals surface area contributed by atoms with Gasteiger partial charge in [-0.15, -0.1) is 0 Å². The fourth-order valence-corrected chi connectivity index (χ4v) is 1.82. The van der Waals surface area contributed by atoms with Gasteiger partial charge in [0.05, 0.1) is 12.5 Å². The third-order valence-corrected chi connectivity index (χ3v) is 2.42. The van der Waals surface area contributed by atoms with Crippen LogP contribution in [-0.4, -0.2) is 24.3 Å². The maximum Gasteiger partial charge on any atom is 0.308 e. The molecule has 3 nitrogen and oxygen atoms in total. The molecule has 0 amide bonds. The van der Waals surface area contributed by atoms with Crippen LogP contribution in [0.4, 0.5) is 0 Å². The van der Waals surface area contributed by atoms with Crippen molar-refractivity contribution < 1.29 is 14.3 Å². The normalized spacial score (nSPS) is 43.4. The Bertz CT molecular complexity index is 190. The molecule has 1 spiro atoms. The lowest BCUT2D eigenvalue weighted by Gasteiger charge is -2.18. The summed E-state index contributed by atoms with van der Waals surface area (Å²) in [6, 6.07) is 0. The summed E-state index contributed by atoms with van der Waals surface area (Å²) in [5.41, 5.74) is -0.240. The number of cyclic esters (lactones) is 1. The van der Waals surface area contributed by atoms with Crippen molar-refractivity contribution in [3.05, 3.63) is 0 Å². The Morgan fingerprint density at radius 1 is 1.64 bits per heavy atom. The fraction of sp³-hybridized carbons (Fsp3) is 0.875. The minimum Gasteiger partial charge on any atom is -0.463 e. The van der Waals surface area contributed by atoms with E-state index in [1.165, 1.54) is 0 Å². The number of ether oxygens (including phenoxy) is 2. The van der Waals surface area contributed by atoms with E-state index in [9.17, 15) is 4.79 Å². The van der Waals surface area contributed by atoms with E-state index in [1.54, 1.807) is 0 Å². The molecule has 2 fully saturated rings. The zero-order valence-electron chi connectivity index (χ0n) is 6.63. The molecule has 0 bridgehead atoms. The summed E-state index contributed by atoms with van der Waals surface area (Å²) in [6.07, 6.45) is 2.78. The Hall–Kier alpha value is -0.570. The standard InChI is InChI=1S/C8H12O3/c1-6-2-3-8(11-6)4-7(9)10-5-8/h6H,2-5H2,1H3. The molecule has 11 heavy (non-hydrogen) atoms. The van der Waals surface area contributed by atoms with Gasteiger partial charge in [0.1, 0.15) is 12.2 Å². The SMILES string of the molecule is CC1CCC2(COC(=O)C2)O1. The number of carbonyl (C=O) groups excluding carboxylic acids is 1. The van der Waals surface area contributed by atoms with Gasteiger partial charge in [0.2, 0.25) is 0 Å². The highest BCUT2D eigenvalue weighted by atomic mass is 16.6. The summed E-state index contributed by atoms with van der Waals surface area (Å²) in [7, 11) is 0. The van der Waals surface area contributed by atoms with Crippen LogP contribution < -0.4 is 0 Å². The molecule has 2 saturated heterocycles. The van der Waals surface area contributed by atoms with Crippen LogP contribution in [0.15, 0.2) is 0 Å². The van der Waals surface area contributed by atoms with Crippen molar-refractivity contribution in [1.29, 1.82) is 0 Å². The van der Waals surface area contributed by atoms with Gasteiger partial charge in [-0.1, -0.05) is 0 Å². The van der Waals surface area contributed by atoms with Crippen LogP contribution in [-0.2, 0) is 14.3 Å². The van der Waals surface area contributed by atoms with E-state index in [2.05, 4.69) is 0 Å². The van der Waals surface area contributed by atoms with E-state index < -0.39 is 0 Å². The monoisotopic (exact) mass is 156 g/mol. The van der Waals surface area contributed by atoms with Crippen LogP contribution in [0.25, 0.3) is 0 Å². The van der Waals surface area contributed by atoms with Crippen LogP contribution in [0.3, 0.4) is 0 Å². The lowest BCUT2D eigenvalue weighted by molar-refractivity contribution is -0.137. The van der Waals surface area contributed by atoms with Crippen molar-refractivity contribution >= 4 is 5.97 Å². The lowest BCUT2D eigenvalue weighted by atomic mass is 9.99. The van der Waals surface area contributed by atoms with Gasteiger partial charge >= 0.3 is 5.97 Å². The fourth-order valence-electron chi connectivity index (χ4n) is 1.82. The molecule has 0 aromatic rings. The van der Waals surface area contributed by atoms with Crippen LogP contribution >= 0.6 is 0 Å². The van der Waals surface area contributed by atoms with E-state index in [4.69, 9.17) is 9.47 Å². The van der Waals surface area contributed by atoms with Crippen molar-refractivity contribution in [2.75, 3.05) is 6.61 Å². The lowest BCUT2D eigenvalue weighted by Crippen LogP contribution is -2.28. The number of hydrogen-bond donors (Lipinski definition) is 0. The summed E-state index contributed by atoms with van der Waals surface area (Å²) in [4.78, 5) is 10.8. The van der Waals surface area contributed by atoms with Crippen molar-refractivity contribution in [3.8, 4) is 0 Å². The van der Waals surface area contributed by atoms with E-state index >= 15 is 0 Å². The molecule has 62 valence electrons. The summed E-state index contributed by atoms with van der Waals surface area (Å²) >= 11 is 0. The zero-order valence-corrected chi connectivity index (χ0v) is 6.63. The third kappa shape index (κ3) is 1.13. The van der Waals surface area contributed by atoms with Gasteiger partial charge in [0.15, 0.2) is 0 Å². The molecule has 0 N–H and O–H groups in total. The molecule has 0 aliphatic carbocycles. The van der Waals surface area contributed by atoms with Crippen molar-refractivity contribution in [1.82, 2.24) is 0 Å². The van der Waals surface area contributed by atoms with Crippen molar-refractivity contribution in [2.45, 2.75) is 37.9 Å². The molecule has 0 aromatic carbocycles. The molecule has 2 aliphatic rings.